The molecule has 3 saturated carbocycles. The summed E-state index contributed by atoms with van der Waals surface area (Å²) in [5.41, 5.74) is 4.68. The van der Waals surface area contributed by atoms with E-state index in [1.165, 1.54) is 43.3 Å². The summed E-state index contributed by atoms with van der Waals surface area (Å²) in [5.74, 6) is 2.30. The van der Waals surface area contributed by atoms with Crippen molar-refractivity contribution in [1.82, 2.24) is 0 Å². The van der Waals surface area contributed by atoms with Crippen LogP contribution in [-0.4, -0.2) is 34.2 Å². The largest absolute Gasteiger partial charge is 0.413 e. The molecule has 3 fully saturated rings. The van der Waals surface area contributed by atoms with Crippen LogP contribution in [0.2, 0.25) is 36.3 Å². The van der Waals surface area contributed by atoms with Crippen molar-refractivity contribution in [3.8, 4) is 0 Å². The van der Waals surface area contributed by atoms with Crippen LogP contribution in [0.15, 0.2) is 35.5 Å². The zero-order chi connectivity index (χ0) is 29.6. The van der Waals surface area contributed by atoms with Gasteiger partial charge in [-0.3, -0.25) is 0 Å². The molecule has 0 N–H and O–H groups in total. The Bertz CT molecular complexity index is 951. The van der Waals surface area contributed by atoms with Crippen molar-refractivity contribution in [2.45, 2.75) is 149 Å². The Hall–Kier alpha value is 0.0538. The molecule has 2 nitrogen and oxygen atoms in total. The van der Waals surface area contributed by atoms with Gasteiger partial charge in [0, 0.05) is 11.8 Å². The van der Waals surface area contributed by atoms with Gasteiger partial charge in [-0.15, -0.1) is 0 Å². The maximum Gasteiger partial charge on any atom is 0.192 e. The third-order valence-electron chi connectivity index (χ3n) is 11.7. The molecular formula is C34H61BrO2Si2. The Labute approximate surface area is 253 Å². The molecule has 0 aliphatic heterocycles. The fourth-order valence-corrected chi connectivity index (χ4v) is 10.2. The smallest absolute Gasteiger partial charge is 0.192 e. The monoisotopic (exact) mass is 636 g/mol. The average molecular weight is 638 g/mol. The standard InChI is InChI=1S/C34H61BrO2Si2/c1-24(23-35)29-18-19-30-26(15-14-20-34(29,30)9)16-17-27-21-28(36-38(10,11)32(3,4)5)22-31(25(27)2)37-39(12,13)33(6,7)8/h16-17,24,28-31H,2,14-15,18-23H2,1,3-13H3/b26-16+,27-17-/t24?,28-,29?,30?,31+,34-/m1/s1. The van der Waals surface area contributed by atoms with Crippen molar-refractivity contribution in [2.24, 2.45) is 23.2 Å². The van der Waals surface area contributed by atoms with E-state index in [0.717, 1.165) is 35.9 Å². The molecule has 224 valence electrons. The van der Waals surface area contributed by atoms with E-state index in [1.54, 1.807) is 5.57 Å². The van der Waals surface area contributed by atoms with Gasteiger partial charge in [0.05, 0.1) is 12.2 Å². The van der Waals surface area contributed by atoms with E-state index < -0.39 is 16.6 Å². The van der Waals surface area contributed by atoms with Gasteiger partial charge in [0.15, 0.2) is 16.6 Å². The molecule has 0 amide bonds. The van der Waals surface area contributed by atoms with Crippen molar-refractivity contribution in [1.29, 1.82) is 0 Å². The van der Waals surface area contributed by atoms with E-state index in [-0.39, 0.29) is 22.3 Å². The minimum Gasteiger partial charge on any atom is -0.413 e. The highest BCUT2D eigenvalue weighted by atomic mass is 79.9. The van der Waals surface area contributed by atoms with Gasteiger partial charge in [-0.05, 0) is 109 Å². The molecule has 0 spiro atoms. The van der Waals surface area contributed by atoms with Crippen LogP contribution in [0, 0.1) is 23.2 Å². The molecule has 3 aliphatic carbocycles. The molecule has 0 bridgehead atoms. The van der Waals surface area contributed by atoms with Crippen molar-refractivity contribution >= 4 is 32.6 Å². The Balaban J connectivity index is 1.93. The summed E-state index contributed by atoms with van der Waals surface area (Å²) in [7, 11) is -3.84. The summed E-state index contributed by atoms with van der Waals surface area (Å²) in [6, 6.07) is 0. The molecule has 0 heterocycles. The summed E-state index contributed by atoms with van der Waals surface area (Å²) in [4.78, 5) is 0. The van der Waals surface area contributed by atoms with Crippen molar-refractivity contribution in [2.75, 3.05) is 5.33 Å². The van der Waals surface area contributed by atoms with E-state index in [0.29, 0.717) is 5.41 Å². The topological polar surface area (TPSA) is 18.5 Å². The van der Waals surface area contributed by atoms with E-state index in [9.17, 15) is 0 Å². The summed E-state index contributed by atoms with van der Waals surface area (Å²) < 4.78 is 14.1. The van der Waals surface area contributed by atoms with Crippen LogP contribution in [-0.2, 0) is 8.85 Å². The molecule has 0 aromatic rings. The Kier molecular flexibility index (Phi) is 10.3. The second-order valence-electron chi connectivity index (χ2n) is 16.5. The lowest BCUT2D eigenvalue weighted by atomic mass is 9.61. The molecule has 0 radical (unpaired) electrons. The molecule has 3 rings (SSSR count). The number of rotatable bonds is 7. The number of halogens is 1. The van der Waals surface area contributed by atoms with Gasteiger partial charge in [0.2, 0.25) is 0 Å². The van der Waals surface area contributed by atoms with E-state index in [1.807, 2.05) is 0 Å². The zero-order valence-corrected chi connectivity index (χ0v) is 31.2. The SMILES string of the molecule is C=C1/C(=C\C=C2/CCC[C@@]3(C)C2CCC3C(C)CBr)C[C@@H](O[Si](C)(C)C(C)(C)C)C[C@@H]1O[Si](C)(C)C(C)(C)C. The molecule has 0 saturated heterocycles. The lowest BCUT2D eigenvalue weighted by Crippen LogP contribution is -2.49. The molecule has 3 aliphatic rings. The first-order valence-electron chi connectivity index (χ1n) is 15.7. The van der Waals surface area contributed by atoms with Crippen LogP contribution < -0.4 is 0 Å². The summed E-state index contributed by atoms with van der Waals surface area (Å²) >= 11 is 3.79. The normalized spacial score (nSPS) is 34.0. The van der Waals surface area contributed by atoms with Gasteiger partial charge in [-0.1, -0.05) is 95.6 Å². The maximum atomic E-state index is 7.05. The molecule has 0 aromatic heterocycles. The molecule has 0 aromatic carbocycles. The van der Waals surface area contributed by atoms with Gasteiger partial charge in [0.25, 0.3) is 0 Å². The Morgan fingerprint density at radius 2 is 1.59 bits per heavy atom. The molecular weight excluding hydrogens is 576 g/mol. The summed E-state index contributed by atoms with van der Waals surface area (Å²) in [6.07, 6.45) is 13.8. The number of allylic oxidation sites excluding steroid dienone is 3. The summed E-state index contributed by atoms with van der Waals surface area (Å²) in [5, 5.41) is 1.49. The quantitative estimate of drug-likeness (QED) is 0.204. The fourth-order valence-electron chi connectivity index (χ4n) is 7.09. The van der Waals surface area contributed by atoms with Gasteiger partial charge in [-0.2, -0.15) is 0 Å². The molecule has 3 unspecified atom stereocenters. The summed E-state index contributed by atoms with van der Waals surface area (Å²) in [6.45, 7) is 33.3. The second-order valence-corrected chi connectivity index (χ2v) is 26.7. The van der Waals surface area contributed by atoms with Crippen LogP contribution in [0.4, 0.5) is 0 Å². The van der Waals surface area contributed by atoms with Gasteiger partial charge in [-0.25, -0.2) is 0 Å². The van der Waals surface area contributed by atoms with Crippen LogP contribution in [0.25, 0.3) is 0 Å². The number of hydrogen-bond donors (Lipinski definition) is 0. The first-order valence-corrected chi connectivity index (χ1v) is 22.7. The van der Waals surface area contributed by atoms with Gasteiger partial charge >= 0.3 is 0 Å². The average Bonchev–Trinajstić information content (AvgIpc) is 3.15. The van der Waals surface area contributed by atoms with Gasteiger partial charge < -0.3 is 8.85 Å². The van der Waals surface area contributed by atoms with Crippen molar-refractivity contribution in [3.05, 3.63) is 35.5 Å². The van der Waals surface area contributed by atoms with Crippen LogP contribution in [0.1, 0.15) is 100 Å². The van der Waals surface area contributed by atoms with Crippen LogP contribution in [0.3, 0.4) is 0 Å². The van der Waals surface area contributed by atoms with Crippen molar-refractivity contribution < 1.29 is 8.85 Å². The van der Waals surface area contributed by atoms with E-state index in [4.69, 9.17) is 8.85 Å². The second kappa shape index (κ2) is 12.0. The minimum absolute atomic E-state index is 0.0475. The maximum absolute atomic E-state index is 7.05. The van der Waals surface area contributed by atoms with Crippen LogP contribution >= 0.6 is 15.9 Å². The fraction of sp³-hybridized carbons (Fsp3) is 0.824. The molecule has 39 heavy (non-hydrogen) atoms. The Morgan fingerprint density at radius 3 is 2.15 bits per heavy atom. The molecule has 5 heteroatoms. The predicted molar refractivity (Wildman–Crippen MR) is 180 cm³/mol. The first-order chi connectivity index (χ1) is 17.7. The van der Waals surface area contributed by atoms with Gasteiger partial charge in [0.1, 0.15) is 0 Å². The minimum atomic E-state index is -1.95. The number of fused-ring (bicyclic) bond motifs is 1. The highest BCUT2D eigenvalue weighted by molar-refractivity contribution is 9.09. The molecule has 6 atom stereocenters. The zero-order valence-electron chi connectivity index (χ0n) is 27.6. The van der Waals surface area contributed by atoms with Crippen LogP contribution in [0.5, 0.6) is 0 Å². The van der Waals surface area contributed by atoms with E-state index >= 15 is 0 Å². The first kappa shape index (κ1) is 33.6. The lowest BCUT2D eigenvalue weighted by molar-refractivity contribution is 0.0969. The number of hydrogen-bond acceptors (Lipinski definition) is 2. The third kappa shape index (κ3) is 7.17. The highest BCUT2D eigenvalue weighted by Crippen LogP contribution is 2.59. The predicted octanol–water partition coefficient (Wildman–Crippen LogP) is 11.2. The number of alkyl halides is 1. The lowest BCUT2D eigenvalue weighted by Gasteiger charge is -2.45. The van der Waals surface area contributed by atoms with Crippen molar-refractivity contribution in [3.63, 3.8) is 0 Å². The third-order valence-corrected chi connectivity index (χ3v) is 21.7. The van der Waals surface area contributed by atoms with E-state index in [2.05, 4.69) is 116 Å². The Morgan fingerprint density at radius 1 is 1.00 bits per heavy atom. The highest BCUT2D eigenvalue weighted by Gasteiger charge is 2.50.